The lowest BCUT2D eigenvalue weighted by molar-refractivity contribution is -0.143. The molecule has 1 heterocycles. The van der Waals surface area contributed by atoms with Crippen LogP contribution in [0.25, 0.3) is 0 Å². The molecule has 32 heavy (non-hydrogen) atoms. The van der Waals surface area contributed by atoms with E-state index in [1.54, 1.807) is 21.3 Å². The summed E-state index contributed by atoms with van der Waals surface area (Å²) < 4.78 is 47.8. The molecule has 1 unspecified atom stereocenters. The number of hydrogen-bond donors (Lipinski definition) is 2. The predicted molar refractivity (Wildman–Crippen MR) is 131 cm³/mol. The van der Waals surface area contributed by atoms with Gasteiger partial charge in [-0.2, -0.15) is 13.2 Å². The quantitative estimate of drug-likeness (QED) is 0.194. The molecule has 0 radical (unpaired) electrons. The highest BCUT2D eigenvalue weighted by Gasteiger charge is 2.28. The van der Waals surface area contributed by atoms with Crippen LogP contribution in [-0.2, 0) is 6.54 Å². The molecule has 0 aromatic heterocycles. The second-order valence-electron chi connectivity index (χ2n) is 7.79. The van der Waals surface area contributed by atoms with Crippen molar-refractivity contribution in [3.8, 4) is 11.5 Å². The lowest BCUT2D eigenvalue weighted by atomic mass is 10.2. The molecule has 0 amide bonds. The minimum Gasteiger partial charge on any atom is -0.497 e. The van der Waals surface area contributed by atoms with Crippen molar-refractivity contribution < 1.29 is 22.6 Å². The third kappa shape index (κ3) is 10.4. The SMILES string of the molecule is CN=C(NCCCN(C)CC(F)(F)F)NC1CCN(Cc2cc(OC)cc(OC)c2)C1.I. The summed E-state index contributed by atoms with van der Waals surface area (Å²) in [6.45, 7) is 2.65. The van der Waals surface area contributed by atoms with Gasteiger partial charge in [0.1, 0.15) is 11.5 Å². The van der Waals surface area contributed by atoms with Gasteiger partial charge in [-0.05, 0) is 44.1 Å². The van der Waals surface area contributed by atoms with Gasteiger partial charge in [0.25, 0.3) is 0 Å². The molecule has 0 bridgehead atoms. The fourth-order valence-electron chi connectivity index (χ4n) is 3.64. The number of alkyl halides is 3. The summed E-state index contributed by atoms with van der Waals surface area (Å²) in [6, 6.07) is 6.14. The Hall–Kier alpha value is -1.47. The summed E-state index contributed by atoms with van der Waals surface area (Å²) in [7, 11) is 6.45. The first-order valence-corrected chi connectivity index (χ1v) is 10.4. The standard InChI is InChI=1S/C21H34F3N5O2.HI/c1-25-20(26-7-5-8-28(2)15-21(22,23)24)27-17-6-9-29(14-17)13-16-10-18(30-3)12-19(11-16)31-4;/h10-12,17H,5-9,13-15H2,1-4H3,(H2,25,26,27);1H. The number of benzene rings is 1. The van der Waals surface area contributed by atoms with Crippen molar-refractivity contribution in [3.63, 3.8) is 0 Å². The number of aliphatic imine (C=N–C) groups is 1. The smallest absolute Gasteiger partial charge is 0.401 e. The van der Waals surface area contributed by atoms with Gasteiger partial charge in [0.15, 0.2) is 5.96 Å². The van der Waals surface area contributed by atoms with Crippen LogP contribution in [0.3, 0.4) is 0 Å². The zero-order valence-electron chi connectivity index (χ0n) is 19.2. The van der Waals surface area contributed by atoms with Crippen LogP contribution in [0, 0.1) is 0 Å². The summed E-state index contributed by atoms with van der Waals surface area (Å²) in [5.41, 5.74) is 1.13. The topological polar surface area (TPSA) is 61.4 Å². The van der Waals surface area contributed by atoms with Crippen molar-refractivity contribution in [1.29, 1.82) is 0 Å². The summed E-state index contributed by atoms with van der Waals surface area (Å²) in [5, 5.41) is 6.60. The van der Waals surface area contributed by atoms with Gasteiger partial charge in [0, 0.05) is 45.3 Å². The Morgan fingerprint density at radius 2 is 1.88 bits per heavy atom. The van der Waals surface area contributed by atoms with Gasteiger partial charge in [-0.15, -0.1) is 24.0 Å². The first-order chi connectivity index (χ1) is 14.7. The minimum absolute atomic E-state index is 0. The van der Waals surface area contributed by atoms with Crippen LogP contribution >= 0.6 is 24.0 Å². The van der Waals surface area contributed by atoms with Gasteiger partial charge in [-0.25, -0.2) is 0 Å². The van der Waals surface area contributed by atoms with E-state index in [1.165, 1.54) is 11.9 Å². The molecule has 1 aliphatic rings. The largest absolute Gasteiger partial charge is 0.497 e. The molecule has 1 aromatic rings. The van der Waals surface area contributed by atoms with Crippen molar-refractivity contribution in [3.05, 3.63) is 23.8 Å². The first kappa shape index (κ1) is 28.6. The Morgan fingerprint density at radius 1 is 1.22 bits per heavy atom. The van der Waals surface area contributed by atoms with Gasteiger partial charge in [-0.1, -0.05) is 0 Å². The maximum atomic E-state index is 12.4. The first-order valence-electron chi connectivity index (χ1n) is 10.4. The molecule has 2 N–H and O–H groups in total. The number of methoxy groups -OCH3 is 2. The van der Waals surface area contributed by atoms with Crippen LogP contribution in [-0.4, -0.2) is 89.0 Å². The van der Waals surface area contributed by atoms with E-state index >= 15 is 0 Å². The van der Waals surface area contributed by atoms with E-state index in [0.717, 1.165) is 43.1 Å². The molecule has 184 valence electrons. The zero-order valence-corrected chi connectivity index (χ0v) is 21.5. The lowest BCUT2D eigenvalue weighted by Gasteiger charge is -2.21. The Kier molecular flexibility index (Phi) is 12.4. The molecule has 0 spiro atoms. The second kappa shape index (κ2) is 13.9. The number of likely N-dealkylation sites (tertiary alicyclic amines) is 1. The van der Waals surface area contributed by atoms with E-state index in [1.807, 2.05) is 18.2 Å². The van der Waals surface area contributed by atoms with E-state index < -0.39 is 12.7 Å². The van der Waals surface area contributed by atoms with E-state index in [-0.39, 0.29) is 30.0 Å². The number of nitrogens with zero attached hydrogens (tertiary/aromatic N) is 3. The highest BCUT2D eigenvalue weighted by atomic mass is 127. The van der Waals surface area contributed by atoms with Gasteiger partial charge in [0.05, 0.1) is 20.8 Å². The zero-order chi connectivity index (χ0) is 22.9. The summed E-state index contributed by atoms with van der Waals surface area (Å²) in [6.07, 6.45) is -2.58. The Balaban J connectivity index is 0.00000512. The number of halogens is 4. The summed E-state index contributed by atoms with van der Waals surface area (Å²) >= 11 is 0. The van der Waals surface area contributed by atoms with Crippen LogP contribution in [0.2, 0.25) is 0 Å². The average Bonchev–Trinajstić information content (AvgIpc) is 3.15. The molecule has 7 nitrogen and oxygen atoms in total. The molecule has 1 saturated heterocycles. The highest BCUT2D eigenvalue weighted by Crippen LogP contribution is 2.24. The van der Waals surface area contributed by atoms with Crippen molar-refractivity contribution in [2.75, 3.05) is 61.0 Å². The molecule has 1 fully saturated rings. The van der Waals surface area contributed by atoms with Gasteiger partial charge >= 0.3 is 6.18 Å². The molecule has 1 aromatic carbocycles. The second-order valence-corrected chi connectivity index (χ2v) is 7.79. The summed E-state index contributed by atoms with van der Waals surface area (Å²) in [4.78, 5) is 7.86. The third-order valence-electron chi connectivity index (χ3n) is 5.11. The fourth-order valence-corrected chi connectivity index (χ4v) is 3.64. The summed E-state index contributed by atoms with van der Waals surface area (Å²) in [5.74, 6) is 2.22. The van der Waals surface area contributed by atoms with Gasteiger partial charge in [-0.3, -0.25) is 14.8 Å². The number of rotatable bonds is 10. The monoisotopic (exact) mass is 573 g/mol. The molecular formula is C21H35F3IN5O2. The molecule has 2 rings (SSSR count). The number of guanidine groups is 1. The average molecular weight is 573 g/mol. The van der Waals surface area contributed by atoms with Crippen molar-refractivity contribution >= 4 is 29.9 Å². The van der Waals surface area contributed by atoms with E-state index in [9.17, 15) is 13.2 Å². The Bertz CT molecular complexity index is 699. The van der Waals surface area contributed by atoms with Crippen molar-refractivity contribution in [2.24, 2.45) is 4.99 Å². The highest BCUT2D eigenvalue weighted by molar-refractivity contribution is 14.0. The van der Waals surface area contributed by atoms with Crippen LogP contribution in [0.1, 0.15) is 18.4 Å². The minimum atomic E-state index is -4.16. The number of hydrogen-bond acceptors (Lipinski definition) is 5. The van der Waals surface area contributed by atoms with E-state index in [4.69, 9.17) is 9.47 Å². The molecule has 11 heteroatoms. The fraction of sp³-hybridized carbons (Fsp3) is 0.667. The molecule has 1 atom stereocenters. The maximum absolute atomic E-state index is 12.4. The Labute approximate surface area is 205 Å². The number of nitrogens with one attached hydrogen (secondary N) is 2. The predicted octanol–water partition coefficient (Wildman–Crippen LogP) is 2.95. The van der Waals surface area contributed by atoms with Crippen molar-refractivity contribution in [2.45, 2.75) is 31.6 Å². The third-order valence-corrected chi connectivity index (χ3v) is 5.11. The lowest BCUT2D eigenvalue weighted by Crippen LogP contribution is -2.45. The normalized spacial score (nSPS) is 17.2. The Morgan fingerprint density at radius 3 is 2.44 bits per heavy atom. The molecule has 0 aliphatic carbocycles. The molecule has 1 aliphatic heterocycles. The van der Waals surface area contributed by atoms with Crippen LogP contribution in [0.15, 0.2) is 23.2 Å². The van der Waals surface area contributed by atoms with E-state index in [2.05, 4.69) is 20.5 Å². The van der Waals surface area contributed by atoms with Crippen LogP contribution in [0.4, 0.5) is 13.2 Å². The van der Waals surface area contributed by atoms with Gasteiger partial charge in [0.2, 0.25) is 0 Å². The van der Waals surface area contributed by atoms with Crippen LogP contribution < -0.4 is 20.1 Å². The number of ether oxygens (including phenoxy) is 2. The van der Waals surface area contributed by atoms with Crippen LogP contribution in [0.5, 0.6) is 11.5 Å². The van der Waals surface area contributed by atoms with E-state index in [0.29, 0.717) is 25.5 Å². The maximum Gasteiger partial charge on any atom is 0.401 e. The molecular weight excluding hydrogens is 538 g/mol. The molecule has 0 saturated carbocycles. The van der Waals surface area contributed by atoms with Crippen molar-refractivity contribution in [1.82, 2.24) is 20.4 Å². The van der Waals surface area contributed by atoms with Gasteiger partial charge < -0.3 is 20.1 Å².